The second-order valence-electron chi connectivity index (χ2n) is 4.14. The van der Waals surface area contributed by atoms with Crippen LogP contribution in [0, 0.1) is 12.7 Å². The number of ether oxygens (including phenoxy) is 1. The lowest BCUT2D eigenvalue weighted by molar-refractivity contribution is 0.102. The van der Waals surface area contributed by atoms with Gasteiger partial charge in [-0.15, -0.1) is 0 Å². The molecule has 0 unspecified atom stereocenters. The molecule has 0 atom stereocenters. The maximum absolute atomic E-state index is 14.0. The summed E-state index contributed by atoms with van der Waals surface area (Å²) in [5, 5.41) is 4.05. The van der Waals surface area contributed by atoms with E-state index in [9.17, 15) is 9.18 Å². The Morgan fingerprint density at radius 2 is 2.21 bits per heavy atom. The van der Waals surface area contributed by atoms with Crippen molar-refractivity contribution in [3.63, 3.8) is 0 Å². The van der Waals surface area contributed by atoms with Crippen LogP contribution in [0.1, 0.15) is 28.5 Å². The first-order valence-corrected chi connectivity index (χ1v) is 5.99. The highest BCUT2D eigenvalue weighted by atomic mass is 19.1. The molecule has 2 aromatic rings. The third-order valence-corrected chi connectivity index (χ3v) is 2.98. The summed E-state index contributed by atoms with van der Waals surface area (Å²) in [5.74, 6) is -0.566. The van der Waals surface area contributed by atoms with Crippen molar-refractivity contribution >= 4 is 5.78 Å². The van der Waals surface area contributed by atoms with Crippen LogP contribution in [-0.4, -0.2) is 22.7 Å². The van der Waals surface area contributed by atoms with Crippen LogP contribution in [0.3, 0.4) is 0 Å². The van der Waals surface area contributed by atoms with E-state index in [1.807, 2.05) is 6.92 Å². The molecule has 0 bridgehead atoms. The molecule has 0 N–H and O–H groups in total. The van der Waals surface area contributed by atoms with Crippen LogP contribution < -0.4 is 4.74 Å². The monoisotopic (exact) mass is 262 g/mol. The van der Waals surface area contributed by atoms with E-state index in [0.717, 1.165) is 0 Å². The SMILES string of the molecule is CCn1ncc(OC)c1C(=O)c1cccc(C)c1F. The lowest BCUT2D eigenvalue weighted by atomic mass is 10.0. The van der Waals surface area contributed by atoms with Gasteiger partial charge in [0.25, 0.3) is 0 Å². The Bertz CT molecular complexity index is 598. The third-order valence-electron chi connectivity index (χ3n) is 2.98. The Kier molecular flexibility index (Phi) is 3.64. The van der Waals surface area contributed by atoms with Crippen molar-refractivity contribution in [1.82, 2.24) is 9.78 Å². The maximum Gasteiger partial charge on any atom is 0.217 e. The van der Waals surface area contributed by atoms with E-state index in [-0.39, 0.29) is 11.3 Å². The maximum atomic E-state index is 14.0. The van der Waals surface area contributed by atoms with Gasteiger partial charge in [-0.2, -0.15) is 5.10 Å². The van der Waals surface area contributed by atoms with E-state index < -0.39 is 11.6 Å². The number of carbonyl (C=O) groups excluding carboxylic acids is 1. The van der Waals surface area contributed by atoms with Crippen molar-refractivity contribution in [1.29, 1.82) is 0 Å². The van der Waals surface area contributed by atoms with Crippen LogP contribution in [0.2, 0.25) is 0 Å². The minimum atomic E-state index is -0.501. The lowest BCUT2D eigenvalue weighted by Crippen LogP contribution is -2.13. The van der Waals surface area contributed by atoms with Gasteiger partial charge in [-0.3, -0.25) is 9.48 Å². The fraction of sp³-hybridized carbons (Fsp3) is 0.286. The number of rotatable bonds is 4. The fourth-order valence-electron chi connectivity index (χ4n) is 1.94. The van der Waals surface area contributed by atoms with E-state index >= 15 is 0 Å². The number of ketones is 1. The van der Waals surface area contributed by atoms with E-state index in [2.05, 4.69) is 5.10 Å². The number of aromatic nitrogens is 2. The van der Waals surface area contributed by atoms with Crippen LogP contribution in [0.25, 0.3) is 0 Å². The van der Waals surface area contributed by atoms with Gasteiger partial charge in [-0.05, 0) is 25.5 Å². The first kappa shape index (κ1) is 13.3. The van der Waals surface area contributed by atoms with Crippen molar-refractivity contribution in [3.8, 4) is 5.75 Å². The average molecular weight is 262 g/mol. The van der Waals surface area contributed by atoms with Crippen LogP contribution in [0.4, 0.5) is 4.39 Å². The van der Waals surface area contributed by atoms with Gasteiger partial charge in [-0.25, -0.2) is 4.39 Å². The van der Waals surface area contributed by atoms with Crippen LogP contribution >= 0.6 is 0 Å². The molecule has 0 fully saturated rings. The molecule has 0 aliphatic carbocycles. The summed E-state index contributed by atoms with van der Waals surface area (Å²) >= 11 is 0. The molecule has 0 saturated heterocycles. The Labute approximate surface area is 110 Å². The molecule has 1 aromatic carbocycles. The van der Waals surface area contributed by atoms with E-state index in [0.29, 0.717) is 17.9 Å². The molecular weight excluding hydrogens is 247 g/mol. The lowest BCUT2D eigenvalue weighted by Gasteiger charge is -2.08. The van der Waals surface area contributed by atoms with Gasteiger partial charge in [0.1, 0.15) is 5.82 Å². The first-order chi connectivity index (χ1) is 9.10. The van der Waals surface area contributed by atoms with Crippen molar-refractivity contribution in [2.45, 2.75) is 20.4 Å². The van der Waals surface area contributed by atoms with E-state index in [1.54, 1.807) is 19.1 Å². The largest absolute Gasteiger partial charge is 0.493 e. The summed E-state index contributed by atoms with van der Waals surface area (Å²) in [5.41, 5.74) is 0.746. The Hall–Kier alpha value is -2.17. The quantitative estimate of drug-likeness (QED) is 0.795. The highest BCUT2D eigenvalue weighted by molar-refractivity contribution is 6.09. The topological polar surface area (TPSA) is 44.1 Å². The normalized spacial score (nSPS) is 10.5. The second-order valence-corrected chi connectivity index (χ2v) is 4.14. The minimum absolute atomic E-state index is 0.0356. The van der Waals surface area contributed by atoms with Crippen molar-refractivity contribution in [3.05, 3.63) is 47.0 Å². The van der Waals surface area contributed by atoms with Crippen LogP contribution in [0.15, 0.2) is 24.4 Å². The van der Waals surface area contributed by atoms with Crippen molar-refractivity contribution in [2.24, 2.45) is 0 Å². The molecule has 0 spiro atoms. The Morgan fingerprint density at radius 1 is 1.47 bits per heavy atom. The molecule has 100 valence electrons. The summed E-state index contributed by atoms with van der Waals surface area (Å²) in [4.78, 5) is 12.5. The van der Waals surface area contributed by atoms with E-state index in [4.69, 9.17) is 4.74 Å². The molecule has 0 radical (unpaired) electrons. The van der Waals surface area contributed by atoms with Crippen molar-refractivity contribution < 1.29 is 13.9 Å². The highest BCUT2D eigenvalue weighted by Crippen LogP contribution is 2.23. The number of methoxy groups -OCH3 is 1. The highest BCUT2D eigenvalue weighted by Gasteiger charge is 2.23. The predicted molar refractivity (Wildman–Crippen MR) is 69.0 cm³/mol. The second kappa shape index (κ2) is 5.22. The molecule has 0 aliphatic heterocycles. The average Bonchev–Trinajstić information content (AvgIpc) is 2.84. The number of hydrogen-bond acceptors (Lipinski definition) is 3. The van der Waals surface area contributed by atoms with Gasteiger partial charge in [0.2, 0.25) is 5.78 Å². The number of halogens is 1. The fourth-order valence-corrected chi connectivity index (χ4v) is 1.94. The molecule has 0 saturated carbocycles. The molecule has 1 aromatic heterocycles. The number of hydrogen-bond donors (Lipinski definition) is 0. The van der Waals surface area contributed by atoms with Gasteiger partial charge in [-0.1, -0.05) is 12.1 Å². The number of benzene rings is 1. The first-order valence-electron chi connectivity index (χ1n) is 5.99. The van der Waals surface area contributed by atoms with Crippen LogP contribution in [0.5, 0.6) is 5.75 Å². The molecule has 4 nitrogen and oxygen atoms in total. The summed E-state index contributed by atoms with van der Waals surface area (Å²) < 4.78 is 20.6. The summed E-state index contributed by atoms with van der Waals surface area (Å²) in [6, 6.07) is 4.75. The number of aryl methyl sites for hydroxylation is 2. The summed E-state index contributed by atoms with van der Waals surface area (Å²) in [6.07, 6.45) is 1.46. The van der Waals surface area contributed by atoms with E-state index in [1.165, 1.54) is 24.1 Å². The van der Waals surface area contributed by atoms with Crippen molar-refractivity contribution in [2.75, 3.05) is 7.11 Å². The molecule has 5 heteroatoms. The summed E-state index contributed by atoms with van der Waals surface area (Å²) in [6.45, 7) is 3.99. The molecule has 19 heavy (non-hydrogen) atoms. The zero-order chi connectivity index (χ0) is 14.0. The standard InChI is InChI=1S/C14H15FN2O2/c1-4-17-13(11(19-3)8-16-17)14(18)10-7-5-6-9(2)12(10)15/h5-8H,4H2,1-3H3. The molecule has 1 heterocycles. The van der Waals surface area contributed by atoms with Gasteiger partial charge in [0.15, 0.2) is 11.4 Å². The number of carbonyl (C=O) groups is 1. The van der Waals surface area contributed by atoms with Gasteiger partial charge in [0.05, 0.1) is 18.9 Å². The number of nitrogens with zero attached hydrogens (tertiary/aromatic N) is 2. The molecule has 0 amide bonds. The Morgan fingerprint density at radius 3 is 2.84 bits per heavy atom. The smallest absolute Gasteiger partial charge is 0.217 e. The predicted octanol–water partition coefficient (Wildman–Crippen LogP) is 2.59. The van der Waals surface area contributed by atoms with Crippen LogP contribution in [-0.2, 0) is 6.54 Å². The molecule has 2 rings (SSSR count). The molecular formula is C14H15FN2O2. The molecule has 0 aliphatic rings. The zero-order valence-electron chi connectivity index (χ0n) is 11.1. The third kappa shape index (κ3) is 2.23. The minimum Gasteiger partial charge on any atom is -0.493 e. The Balaban J connectivity index is 2.55. The zero-order valence-corrected chi connectivity index (χ0v) is 11.1. The van der Waals surface area contributed by atoms with Gasteiger partial charge < -0.3 is 4.74 Å². The van der Waals surface area contributed by atoms with Gasteiger partial charge in [0, 0.05) is 6.54 Å². The van der Waals surface area contributed by atoms with Gasteiger partial charge >= 0.3 is 0 Å². The summed E-state index contributed by atoms with van der Waals surface area (Å²) in [7, 11) is 1.46.